The Kier molecular flexibility index (Phi) is 4.70. The third-order valence-electron chi connectivity index (χ3n) is 3.36. The fourth-order valence-electron chi connectivity index (χ4n) is 2.32. The number of benzene rings is 1. The number of carbonyl (C=O) groups is 3. The zero-order chi connectivity index (χ0) is 15.4. The lowest BCUT2D eigenvalue weighted by atomic mass is 10.2. The molecule has 2 unspecified atom stereocenters. The van der Waals surface area contributed by atoms with Gasteiger partial charge in [-0.15, -0.1) is 0 Å². The van der Waals surface area contributed by atoms with Crippen molar-refractivity contribution >= 4 is 23.4 Å². The highest BCUT2D eigenvalue weighted by atomic mass is 16.2. The lowest BCUT2D eigenvalue weighted by molar-refractivity contribution is -0.123. The van der Waals surface area contributed by atoms with Gasteiger partial charge in [0.05, 0.1) is 24.2 Å². The minimum absolute atomic E-state index is 0.0669. The molecule has 0 spiro atoms. The summed E-state index contributed by atoms with van der Waals surface area (Å²) in [5.74, 6) is -0.759. The summed E-state index contributed by atoms with van der Waals surface area (Å²) in [5.41, 5.74) is 0.558. The molecule has 1 heterocycles. The minimum Gasteiger partial charge on any atom is -0.355 e. The molecule has 1 aliphatic heterocycles. The van der Waals surface area contributed by atoms with Gasteiger partial charge in [0.2, 0.25) is 11.8 Å². The van der Waals surface area contributed by atoms with Crippen LogP contribution in [-0.2, 0) is 14.4 Å². The van der Waals surface area contributed by atoms with Crippen molar-refractivity contribution in [2.45, 2.75) is 32.4 Å². The number of nitrogens with zero attached hydrogens (tertiary/aromatic N) is 1. The number of para-hydroxylation sites is 1. The predicted octanol–water partition coefficient (Wildman–Crippen LogP) is 0.433. The molecular weight excluding hydrogens is 270 g/mol. The molecule has 3 amide bonds. The average molecular weight is 289 g/mol. The number of anilines is 1. The van der Waals surface area contributed by atoms with Gasteiger partial charge in [0, 0.05) is 6.54 Å². The second-order valence-corrected chi connectivity index (χ2v) is 4.94. The number of carbonyl (C=O) groups excluding carboxylic acids is 3. The Morgan fingerprint density at radius 2 is 2.00 bits per heavy atom. The van der Waals surface area contributed by atoms with Crippen LogP contribution in [0.15, 0.2) is 30.3 Å². The third kappa shape index (κ3) is 3.28. The first-order valence-electron chi connectivity index (χ1n) is 7.00. The molecule has 112 valence electrons. The van der Waals surface area contributed by atoms with Crippen molar-refractivity contribution in [3.05, 3.63) is 30.3 Å². The zero-order valence-corrected chi connectivity index (χ0v) is 12.1. The molecule has 0 aromatic heterocycles. The van der Waals surface area contributed by atoms with Crippen molar-refractivity contribution in [1.29, 1.82) is 0 Å². The van der Waals surface area contributed by atoms with Gasteiger partial charge in [0.15, 0.2) is 0 Å². The van der Waals surface area contributed by atoms with Gasteiger partial charge in [-0.1, -0.05) is 18.2 Å². The van der Waals surface area contributed by atoms with Gasteiger partial charge in [-0.25, -0.2) is 4.90 Å². The standard InChI is InChI=1S/C15H19N3O3/c1-3-16-14(20)10(2)17-12-9-13(19)18(15(12)21)11-7-5-4-6-8-11/h4-8,10,12,17H,3,9H2,1-2H3,(H,16,20). The number of hydrogen-bond acceptors (Lipinski definition) is 4. The maximum Gasteiger partial charge on any atom is 0.251 e. The number of hydrogen-bond donors (Lipinski definition) is 2. The van der Waals surface area contributed by atoms with E-state index >= 15 is 0 Å². The molecule has 2 atom stereocenters. The first-order valence-corrected chi connectivity index (χ1v) is 7.00. The van der Waals surface area contributed by atoms with E-state index in [9.17, 15) is 14.4 Å². The van der Waals surface area contributed by atoms with E-state index in [0.717, 1.165) is 0 Å². The van der Waals surface area contributed by atoms with Gasteiger partial charge < -0.3 is 5.32 Å². The van der Waals surface area contributed by atoms with Crippen molar-refractivity contribution in [2.24, 2.45) is 0 Å². The summed E-state index contributed by atoms with van der Waals surface area (Å²) >= 11 is 0. The Labute approximate surface area is 123 Å². The SMILES string of the molecule is CCNC(=O)C(C)NC1CC(=O)N(c2ccccc2)C1=O. The Morgan fingerprint density at radius 3 is 2.62 bits per heavy atom. The molecule has 0 radical (unpaired) electrons. The second-order valence-electron chi connectivity index (χ2n) is 4.94. The van der Waals surface area contributed by atoms with Crippen LogP contribution in [-0.4, -0.2) is 36.3 Å². The van der Waals surface area contributed by atoms with E-state index in [-0.39, 0.29) is 24.1 Å². The van der Waals surface area contributed by atoms with Gasteiger partial charge in [-0.05, 0) is 26.0 Å². The quantitative estimate of drug-likeness (QED) is 0.771. The summed E-state index contributed by atoms with van der Waals surface area (Å²) < 4.78 is 0. The average Bonchev–Trinajstić information content (AvgIpc) is 2.74. The predicted molar refractivity (Wildman–Crippen MR) is 78.6 cm³/mol. The molecule has 0 saturated carbocycles. The van der Waals surface area contributed by atoms with E-state index in [0.29, 0.717) is 12.2 Å². The molecule has 1 fully saturated rings. The van der Waals surface area contributed by atoms with Gasteiger partial charge in [0.1, 0.15) is 0 Å². The lowest BCUT2D eigenvalue weighted by Crippen LogP contribution is -2.49. The van der Waals surface area contributed by atoms with Gasteiger partial charge >= 0.3 is 0 Å². The number of amides is 3. The maximum atomic E-state index is 12.3. The molecule has 6 nitrogen and oxygen atoms in total. The number of likely N-dealkylation sites (N-methyl/N-ethyl adjacent to an activating group) is 1. The largest absolute Gasteiger partial charge is 0.355 e. The highest BCUT2D eigenvalue weighted by molar-refractivity contribution is 6.22. The fourth-order valence-corrected chi connectivity index (χ4v) is 2.32. The maximum absolute atomic E-state index is 12.3. The highest BCUT2D eigenvalue weighted by Crippen LogP contribution is 2.22. The molecule has 1 aromatic carbocycles. The summed E-state index contributed by atoms with van der Waals surface area (Å²) in [6, 6.07) is 7.61. The van der Waals surface area contributed by atoms with Gasteiger partial charge in [0.25, 0.3) is 5.91 Å². The summed E-state index contributed by atoms with van der Waals surface area (Å²) in [7, 11) is 0. The molecule has 0 aliphatic carbocycles. The first-order chi connectivity index (χ1) is 10.0. The Morgan fingerprint density at radius 1 is 1.33 bits per heavy atom. The molecule has 21 heavy (non-hydrogen) atoms. The third-order valence-corrected chi connectivity index (χ3v) is 3.36. The van der Waals surface area contributed by atoms with Gasteiger partial charge in [-0.2, -0.15) is 0 Å². The molecule has 1 saturated heterocycles. The van der Waals surface area contributed by atoms with Crippen LogP contribution in [0, 0.1) is 0 Å². The molecular formula is C15H19N3O3. The summed E-state index contributed by atoms with van der Waals surface area (Å²) in [6.07, 6.45) is 0.0669. The summed E-state index contributed by atoms with van der Waals surface area (Å²) in [5, 5.41) is 5.60. The van der Waals surface area contributed by atoms with Crippen LogP contribution in [0.4, 0.5) is 5.69 Å². The molecule has 6 heteroatoms. The number of rotatable bonds is 5. The first kappa shape index (κ1) is 15.2. The molecule has 1 aliphatic rings. The second kappa shape index (κ2) is 6.49. The van der Waals surface area contributed by atoms with Crippen LogP contribution in [0.1, 0.15) is 20.3 Å². The topological polar surface area (TPSA) is 78.5 Å². The molecule has 0 bridgehead atoms. The monoisotopic (exact) mass is 289 g/mol. The van der Waals surface area contributed by atoms with Crippen LogP contribution < -0.4 is 15.5 Å². The Hall–Kier alpha value is -2.21. The molecule has 2 rings (SSSR count). The van der Waals surface area contributed by atoms with Crippen LogP contribution in [0.25, 0.3) is 0 Å². The van der Waals surface area contributed by atoms with Crippen molar-refractivity contribution in [3.8, 4) is 0 Å². The molecule has 2 N–H and O–H groups in total. The summed E-state index contributed by atoms with van der Waals surface area (Å²) in [6.45, 7) is 4.03. The van der Waals surface area contributed by atoms with E-state index in [2.05, 4.69) is 10.6 Å². The lowest BCUT2D eigenvalue weighted by Gasteiger charge is -2.18. The summed E-state index contributed by atoms with van der Waals surface area (Å²) in [4.78, 5) is 37.2. The van der Waals surface area contributed by atoms with Crippen molar-refractivity contribution in [2.75, 3.05) is 11.4 Å². The van der Waals surface area contributed by atoms with Crippen molar-refractivity contribution in [3.63, 3.8) is 0 Å². The van der Waals surface area contributed by atoms with Crippen LogP contribution >= 0.6 is 0 Å². The van der Waals surface area contributed by atoms with E-state index in [1.807, 2.05) is 13.0 Å². The Balaban J connectivity index is 2.07. The normalized spacial score (nSPS) is 19.7. The zero-order valence-electron chi connectivity index (χ0n) is 12.1. The fraction of sp³-hybridized carbons (Fsp3) is 0.400. The Bertz CT molecular complexity index is 544. The molecule has 1 aromatic rings. The van der Waals surface area contributed by atoms with Gasteiger partial charge in [-0.3, -0.25) is 19.7 Å². The van der Waals surface area contributed by atoms with E-state index in [1.165, 1.54) is 4.90 Å². The van der Waals surface area contributed by atoms with E-state index in [4.69, 9.17) is 0 Å². The van der Waals surface area contributed by atoms with Crippen molar-refractivity contribution < 1.29 is 14.4 Å². The minimum atomic E-state index is -0.657. The number of imide groups is 1. The smallest absolute Gasteiger partial charge is 0.251 e. The van der Waals surface area contributed by atoms with Crippen LogP contribution in [0.5, 0.6) is 0 Å². The van der Waals surface area contributed by atoms with Crippen LogP contribution in [0.3, 0.4) is 0 Å². The van der Waals surface area contributed by atoms with Crippen molar-refractivity contribution in [1.82, 2.24) is 10.6 Å². The van der Waals surface area contributed by atoms with E-state index < -0.39 is 12.1 Å². The number of nitrogens with one attached hydrogen (secondary N) is 2. The van der Waals surface area contributed by atoms with Crippen LogP contribution in [0.2, 0.25) is 0 Å². The van der Waals surface area contributed by atoms with E-state index in [1.54, 1.807) is 31.2 Å². The highest BCUT2D eigenvalue weighted by Gasteiger charge is 2.40.